The minimum absolute atomic E-state index is 0.259. The quantitative estimate of drug-likeness (QED) is 0.808. The van der Waals surface area contributed by atoms with Crippen molar-refractivity contribution in [2.24, 2.45) is 0 Å². The first-order valence-electron chi connectivity index (χ1n) is 6.61. The third kappa shape index (κ3) is 4.35. The molecule has 0 saturated carbocycles. The van der Waals surface area contributed by atoms with Gasteiger partial charge in [0.05, 0.1) is 29.3 Å². The third-order valence-corrected chi connectivity index (χ3v) is 5.38. The Balaban J connectivity index is 2.06. The van der Waals surface area contributed by atoms with E-state index >= 15 is 0 Å². The molecule has 0 bridgehead atoms. The smallest absolute Gasteiger partial charge is 0.123 e. The van der Waals surface area contributed by atoms with Gasteiger partial charge in [-0.15, -0.1) is 11.3 Å². The molecule has 0 fully saturated rings. The third-order valence-electron chi connectivity index (χ3n) is 2.93. The van der Waals surface area contributed by atoms with Gasteiger partial charge in [0.25, 0.3) is 0 Å². The molecule has 0 aliphatic rings. The van der Waals surface area contributed by atoms with Gasteiger partial charge in [0, 0.05) is 27.7 Å². The van der Waals surface area contributed by atoms with Gasteiger partial charge in [-0.1, -0.05) is 13.8 Å². The Kier molecular flexibility index (Phi) is 5.47. The van der Waals surface area contributed by atoms with Crippen molar-refractivity contribution in [3.05, 3.63) is 45.7 Å². The van der Waals surface area contributed by atoms with Gasteiger partial charge in [-0.25, -0.2) is 9.37 Å². The lowest BCUT2D eigenvalue weighted by molar-refractivity contribution is 0.410. The van der Waals surface area contributed by atoms with Crippen molar-refractivity contribution in [2.45, 2.75) is 31.3 Å². The molecule has 2 rings (SSSR count). The summed E-state index contributed by atoms with van der Waals surface area (Å²) in [5.74, 6) is 1.23. The first kappa shape index (κ1) is 16.1. The van der Waals surface area contributed by atoms with Gasteiger partial charge in [0.1, 0.15) is 11.6 Å². The average Bonchev–Trinajstić information content (AvgIpc) is 2.87. The molecule has 0 N–H and O–H groups in total. The molecule has 0 radical (unpaired) electrons. The van der Waals surface area contributed by atoms with Crippen LogP contribution in [0.1, 0.15) is 36.0 Å². The minimum atomic E-state index is -1.14. The highest BCUT2D eigenvalue weighted by molar-refractivity contribution is 7.83. The molecule has 0 saturated heterocycles. The second kappa shape index (κ2) is 7.13. The molecule has 1 heterocycles. The summed E-state index contributed by atoms with van der Waals surface area (Å²) in [7, 11) is 0.378. The number of rotatable bonds is 6. The van der Waals surface area contributed by atoms with Crippen molar-refractivity contribution >= 4 is 22.1 Å². The standard InChI is InChI=1S/C15H18FNO2S2/c1-10(2)15-17-13(7-20-15)9-21(18)8-11-6-12(16)4-5-14(11)19-3/h4-7,10H,8-9H2,1-3H3/t21-/m0/s1. The maximum Gasteiger partial charge on any atom is 0.123 e. The Morgan fingerprint density at radius 2 is 2.14 bits per heavy atom. The number of methoxy groups -OCH3 is 1. The topological polar surface area (TPSA) is 39.2 Å². The Morgan fingerprint density at radius 1 is 1.38 bits per heavy atom. The predicted molar refractivity (Wildman–Crippen MR) is 84.7 cm³/mol. The maximum atomic E-state index is 13.3. The molecule has 0 unspecified atom stereocenters. The van der Waals surface area contributed by atoms with Gasteiger partial charge < -0.3 is 4.74 Å². The molecular formula is C15H18FNO2S2. The van der Waals surface area contributed by atoms with Crippen LogP contribution in [0.3, 0.4) is 0 Å². The van der Waals surface area contributed by atoms with Crippen LogP contribution < -0.4 is 4.74 Å². The number of thiazole rings is 1. The van der Waals surface area contributed by atoms with Crippen molar-refractivity contribution in [3.8, 4) is 5.75 Å². The molecule has 21 heavy (non-hydrogen) atoms. The zero-order valence-corrected chi connectivity index (χ0v) is 13.9. The fraction of sp³-hybridized carbons (Fsp3) is 0.400. The van der Waals surface area contributed by atoms with Crippen LogP contribution >= 0.6 is 11.3 Å². The lowest BCUT2D eigenvalue weighted by Gasteiger charge is -2.08. The fourth-order valence-corrected chi connectivity index (χ4v) is 4.00. The Bertz CT molecular complexity index is 640. The van der Waals surface area contributed by atoms with Crippen LogP contribution in [0.5, 0.6) is 5.75 Å². The van der Waals surface area contributed by atoms with E-state index in [1.807, 2.05) is 5.38 Å². The second-order valence-corrected chi connectivity index (χ2v) is 7.36. The number of nitrogens with zero attached hydrogens (tertiary/aromatic N) is 1. The van der Waals surface area contributed by atoms with Crippen molar-refractivity contribution in [1.82, 2.24) is 4.98 Å². The van der Waals surface area contributed by atoms with E-state index in [0.29, 0.717) is 23.0 Å². The fourth-order valence-electron chi connectivity index (χ4n) is 1.90. The molecule has 0 spiro atoms. The molecule has 114 valence electrons. The van der Waals surface area contributed by atoms with E-state index in [1.54, 1.807) is 17.4 Å². The summed E-state index contributed by atoms with van der Waals surface area (Å²) in [6, 6.07) is 4.26. The number of halogens is 1. The van der Waals surface area contributed by atoms with Crippen LogP contribution in [0, 0.1) is 5.82 Å². The Hall–Kier alpha value is -1.27. The van der Waals surface area contributed by atoms with Crippen molar-refractivity contribution in [3.63, 3.8) is 0 Å². The summed E-state index contributed by atoms with van der Waals surface area (Å²) >= 11 is 1.59. The van der Waals surface area contributed by atoms with Crippen molar-refractivity contribution in [2.75, 3.05) is 7.11 Å². The summed E-state index contributed by atoms with van der Waals surface area (Å²) in [6.45, 7) is 4.16. The summed E-state index contributed by atoms with van der Waals surface area (Å²) in [5, 5.41) is 2.99. The van der Waals surface area contributed by atoms with E-state index in [4.69, 9.17) is 4.74 Å². The molecule has 1 aromatic heterocycles. The zero-order valence-electron chi connectivity index (χ0n) is 12.3. The maximum absolute atomic E-state index is 13.3. The monoisotopic (exact) mass is 327 g/mol. The van der Waals surface area contributed by atoms with Gasteiger partial charge in [0.15, 0.2) is 0 Å². The molecule has 0 aliphatic carbocycles. The number of hydrogen-bond donors (Lipinski definition) is 0. The van der Waals surface area contributed by atoms with E-state index in [9.17, 15) is 8.60 Å². The first-order valence-corrected chi connectivity index (χ1v) is 8.98. The van der Waals surface area contributed by atoms with Crippen LogP contribution in [-0.2, 0) is 22.3 Å². The second-order valence-electron chi connectivity index (χ2n) is 5.02. The molecule has 1 atom stereocenters. The largest absolute Gasteiger partial charge is 0.496 e. The van der Waals surface area contributed by atoms with Crippen LogP contribution in [0.15, 0.2) is 23.6 Å². The molecular weight excluding hydrogens is 309 g/mol. The van der Waals surface area contributed by atoms with E-state index in [2.05, 4.69) is 18.8 Å². The number of hydrogen-bond acceptors (Lipinski definition) is 4. The van der Waals surface area contributed by atoms with Crippen LogP contribution in [0.4, 0.5) is 4.39 Å². The van der Waals surface area contributed by atoms with Gasteiger partial charge in [-0.05, 0) is 18.2 Å². The molecule has 0 amide bonds. The van der Waals surface area contributed by atoms with Gasteiger partial charge in [-0.3, -0.25) is 4.21 Å². The summed E-state index contributed by atoms with van der Waals surface area (Å²) < 4.78 is 30.7. The molecule has 2 aromatic rings. The minimum Gasteiger partial charge on any atom is -0.496 e. The van der Waals surface area contributed by atoms with Crippen molar-refractivity contribution in [1.29, 1.82) is 0 Å². The number of ether oxygens (including phenoxy) is 1. The Morgan fingerprint density at radius 3 is 2.76 bits per heavy atom. The van der Waals surface area contributed by atoms with Gasteiger partial charge in [-0.2, -0.15) is 0 Å². The summed E-state index contributed by atoms with van der Waals surface area (Å²) in [6.07, 6.45) is 0. The highest BCUT2D eigenvalue weighted by Crippen LogP contribution is 2.23. The highest BCUT2D eigenvalue weighted by Gasteiger charge is 2.12. The van der Waals surface area contributed by atoms with Crippen LogP contribution in [-0.4, -0.2) is 16.3 Å². The zero-order chi connectivity index (χ0) is 15.4. The normalized spacial score (nSPS) is 12.6. The van der Waals surface area contributed by atoms with Crippen LogP contribution in [0.25, 0.3) is 0 Å². The first-order chi connectivity index (χ1) is 9.99. The molecule has 1 aromatic carbocycles. The predicted octanol–water partition coefficient (Wildman–Crippen LogP) is 3.86. The molecule has 0 aliphatic heterocycles. The van der Waals surface area contributed by atoms with E-state index in [0.717, 1.165) is 10.7 Å². The van der Waals surface area contributed by atoms with Crippen LogP contribution in [0.2, 0.25) is 0 Å². The number of benzene rings is 1. The lowest BCUT2D eigenvalue weighted by atomic mass is 10.2. The molecule has 3 nitrogen and oxygen atoms in total. The van der Waals surface area contributed by atoms with Gasteiger partial charge >= 0.3 is 0 Å². The molecule has 6 heteroatoms. The van der Waals surface area contributed by atoms with Crippen molar-refractivity contribution < 1.29 is 13.3 Å². The highest BCUT2D eigenvalue weighted by atomic mass is 32.2. The SMILES string of the molecule is COc1ccc(F)cc1C[S@](=O)Cc1csc(C(C)C)n1. The summed E-state index contributed by atoms with van der Waals surface area (Å²) in [4.78, 5) is 4.47. The number of aromatic nitrogens is 1. The van der Waals surface area contributed by atoms with E-state index in [1.165, 1.54) is 19.2 Å². The average molecular weight is 327 g/mol. The lowest BCUT2D eigenvalue weighted by Crippen LogP contribution is -2.02. The van der Waals surface area contributed by atoms with E-state index in [-0.39, 0.29) is 11.6 Å². The Labute approximate surface area is 130 Å². The summed E-state index contributed by atoms with van der Waals surface area (Å²) in [5.41, 5.74) is 1.45. The van der Waals surface area contributed by atoms with E-state index < -0.39 is 10.8 Å². The van der Waals surface area contributed by atoms with Gasteiger partial charge in [0.2, 0.25) is 0 Å².